The van der Waals surface area contributed by atoms with E-state index in [-0.39, 0.29) is 5.57 Å². The van der Waals surface area contributed by atoms with Crippen LogP contribution in [0.1, 0.15) is 16.7 Å². The predicted molar refractivity (Wildman–Crippen MR) is 115 cm³/mol. The van der Waals surface area contributed by atoms with Gasteiger partial charge in [0.25, 0.3) is 11.8 Å². The molecule has 2 aromatic carbocycles. The maximum Gasteiger partial charge on any atom is 0.335 e. The van der Waals surface area contributed by atoms with Crippen LogP contribution in [0.5, 0.6) is 5.75 Å². The molecule has 2 aromatic rings. The Kier molecular flexibility index (Phi) is 5.98. The van der Waals surface area contributed by atoms with Gasteiger partial charge in [-0.15, -0.1) is 0 Å². The van der Waals surface area contributed by atoms with E-state index in [0.29, 0.717) is 28.1 Å². The van der Waals surface area contributed by atoms with Gasteiger partial charge in [-0.25, -0.2) is 9.69 Å². The monoisotopic (exact) mass is 454 g/mol. The van der Waals surface area contributed by atoms with Crippen LogP contribution in [0, 0.1) is 13.8 Å². The number of ether oxygens (including phenoxy) is 1. The molecule has 0 radical (unpaired) electrons. The van der Waals surface area contributed by atoms with Gasteiger partial charge < -0.3 is 4.74 Å². The number of carbonyl (C=O) groups excluding carboxylic acids is 3. The summed E-state index contributed by atoms with van der Waals surface area (Å²) in [5, 5.41) is 2.23. The van der Waals surface area contributed by atoms with Gasteiger partial charge in [0.2, 0.25) is 0 Å². The normalized spacial score (nSPS) is 15.5. The summed E-state index contributed by atoms with van der Waals surface area (Å²) in [6, 6.07) is 9.78. The first-order valence-corrected chi connectivity index (χ1v) is 9.62. The van der Waals surface area contributed by atoms with Crippen molar-refractivity contribution in [3.05, 3.63) is 75.8 Å². The van der Waals surface area contributed by atoms with E-state index < -0.39 is 17.8 Å². The summed E-state index contributed by atoms with van der Waals surface area (Å²) in [7, 11) is 0. The van der Waals surface area contributed by atoms with Gasteiger partial charge in [0.05, 0.1) is 10.2 Å². The Bertz CT molecular complexity index is 1040. The number of carbonyl (C=O) groups is 3. The van der Waals surface area contributed by atoms with E-state index in [9.17, 15) is 14.4 Å². The molecule has 0 atom stereocenters. The molecule has 1 aliphatic rings. The molecular formula is C22H19BrN2O4. The first-order chi connectivity index (χ1) is 13.8. The topological polar surface area (TPSA) is 75.7 Å². The number of imide groups is 2. The number of benzene rings is 2. The average Bonchev–Trinajstić information content (AvgIpc) is 2.63. The van der Waals surface area contributed by atoms with Crippen LogP contribution < -0.4 is 15.0 Å². The third-order valence-electron chi connectivity index (χ3n) is 4.19. The molecule has 0 saturated carbocycles. The number of nitrogens with one attached hydrogen (secondary N) is 1. The molecule has 148 valence electrons. The van der Waals surface area contributed by atoms with Crippen molar-refractivity contribution in [3.63, 3.8) is 0 Å². The van der Waals surface area contributed by atoms with Crippen LogP contribution in [-0.2, 0) is 9.59 Å². The summed E-state index contributed by atoms with van der Waals surface area (Å²) in [5.41, 5.74) is 2.70. The third-order valence-corrected chi connectivity index (χ3v) is 4.81. The maximum absolute atomic E-state index is 13.0. The second-order valence-corrected chi connectivity index (χ2v) is 7.45. The number of halogens is 1. The Balaban J connectivity index is 1.97. The number of hydrogen-bond donors (Lipinski definition) is 1. The number of urea groups is 1. The van der Waals surface area contributed by atoms with E-state index in [2.05, 4.69) is 27.8 Å². The highest BCUT2D eigenvalue weighted by Gasteiger charge is 2.36. The Labute approximate surface area is 177 Å². The summed E-state index contributed by atoms with van der Waals surface area (Å²) in [4.78, 5) is 38.6. The van der Waals surface area contributed by atoms with Crippen LogP contribution in [0.15, 0.2) is 59.1 Å². The highest BCUT2D eigenvalue weighted by molar-refractivity contribution is 9.10. The lowest BCUT2D eigenvalue weighted by Crippen LogP contribution is -2.54. The van der Waals surface area contributed by atoms with Crippen molar-refractivity contribution in [2.45, 2.75) is 13.8 Å². The molecule has 6 nitrogen and oxygen atoms in total. The Morgan fingerprint density at radius 3 is 2.41 bits per heavy atom. The molecule has 7 heteroatoms. The summed E-state index contributed by atoms with van der Waals surface area (Å²) in [6.07, 6.45) is 3.08. The van der Waals surface area contributed by atoms with Gasteiger partial charge in [-0.1, -0.05) is 24.8 Å². The summed E-state index contributed by atoms with van der Waals surface area (Å²) in [6.45, 7) is 7.70. The molecule has 1 heterocycles. The maximum atomic E-state index is 13.0. The molecule has 1 fully saturated rings. The van der Waals surface area contributed by atoms with Gasteiger partial charge in [-0.2, -0.15) is 0 Å². The Morgan fingerprint density at radius 2 is 1.79 bits per heavy atom. The lowest BCUT2D eigenvalue weighted by Gasteiger charge is -2.27. The largest absolute Gasteiger partial charge is 0.488 e. The summed E-state index contributed by atoms with van der Waals surface area (Å²) in [5.74, 6) is -0.797. The van der Waals surface area contributed by atoms with Gasteiger partial charge in [0.15, 0.2) is 0 Å². The standard InChI is InChI=1S/C22H19BrN2O4/c1-4-7-29-19-6-5-15(12-18(19)23)11-17-20(26)24-22(28)25(21(17)27)16-9-13(2)8-14(3)10-16/h4-6,8-12H,1,7H2,2-3H3,(H,24,26,28). The minimum Gasteiger partial charge on any atom is -0.488 e. The lowest BCUT2D eigenvalue weighted by atomic mass is 10.1. The Morgan fingerprint density at radius 1 is 1.10 bits per heavy atom. The number of hydrogen-bond acceptors (Lipinski definition) is 4. The fourth-order valence-electron chi connectivity index (χ4n) is 3.01. The molecule has 0 bridgehead atoms. The van der Waals surface area contributed by atoms with Crippen molar-refractivity contribution in [1.29, 1.82) is 0 Å². The molecule has 3 rings (SSSR count). The molecule has 29 heavy (non-hydrogen) atoms. The van der Waals surface area contributed by atoms with Crippen LogP contribution in [0.3, 0.4) is 0 Å². The number of aryl methyl sites for hydroxylation is 2. The zero-order valence-electron chi connectivity index (χ0n) is 16.0. The van der Waals surface area contributed by atoms with Crippen LogP contribution in [0.4, 0.5) is 10.5 Å². The summed E-state index contributed by atoms with van der Waals surface area (Å²) < 4.78 is 6.17. The van der Waals surface area contributed by atoms with Gasteiger partial charge in [0, 0.05) is 0 Å². The second-order valence-electron chi connectivity index (χ2n) is 6.59. The van der Waals surface area contributed by atoms with Crippen molar-refractivity contribution in [3.8, 4) is 5.75 Å². The number of nitrogens with zero attached hydrogens (tertiary/aromatic N) is 1. The number of rotatable bonds is 5. The van der Waals surface area contributed by atoms with E-state index in [1.165, 1.54) is 6.08 Å². The molecular weight excluding hydrogens is 436 g/mol. The van der Waals surface area contributed by atoms with Crippen LogP contribution in [-0.4, -0.2) is 24.5 Å². The third kappa shape index (κ3) is 4.46. The van der Waals surface area contributed by atoms with Crippen molar-refractivity contribution in [2.75, 3.05) is 11.5 Å². The highest BCUT2D eigenvalue weighted by Crippen LogP contribution is 2.28. The van der Waals surface area contributed by atoms with E-state index >= 15 is 0 Å². The van der Waals surface area contributed by atoms with Crippen molar-refractivity contribution in [2.24, 2.45) is 0 Å². The first-order valence-electron chi connectivity index (χ1n) is 8.83. The minimum atomic E-state index is -0.767. The first kappa shape index (κ1) is 20.5. The van der Waals surface area contributed by atoms with Crippen LogP contribution in [0.2, 0.25) is 0 Å². The second kappa shape index (κ2) is 8.45. The van der Waals surface area contributed by atoms with Crippen LogP contribution in [0.25, 0.3) is 6.08 Å². The Hall–Kier alpha value is -3.19. The van der Waals surface area contributed by atoms with Crippen LogP contribution >= 0.6 is 15.9 Å². The highest BCUT2D eigenvalue weighted by atomic mass is 79.9. The molecule has 0 spiro atoms. The van der Waals surface area contributed by atoms with Gasteiger partial charge in [-0.05, 0) is 76.8 Å². The fourth-order valence-corrected chi connectivity index (χ4v) is 3.52. The van der Waals surface area contributed by atoms with Crippen molar-refractivity contribution in [1.82, 2.24) is 5.32 Å². The molecule has 1 aliphatic heterocycles. The van der Waals surface area contributed by atoms with Gasteiger partial charge in [0.1, 0.15) is 17.9 Å². The summed E-state index contributed by atoms with van der Waals surface area (Å²) >= 11 is 3.41. The van der Waals surface area contributed by atoms with Gasteiger partial charge >= 0.3 is 6.03 Å². The number of barbiturate groups is 1. The van der Waals surface area contributed by atoms with E-state index in [4.69, 9.17) is 4.74 Å². The fraction of sp³-hybridized carbons (Fsp3) is 0.136. The SMILES string of the molecule is C=CCOc1ccc(C=C2C(=O)NC(=O)N(c3cc(C)cc(C)c3)C2=O)cc1Br. The molecule has 0 aromatic heterocycles. The predicted octanol–water partition coefficient (Wildman–Crippen LogP) is 4.30. The molecule has 1 saturated heterocycles. The lowest BCUT2D eigenvalue weighted by molar-refractivity contribution is -0.122. The van der Waals surface area contributed by atoms with E-state index in [1.807, 2.05) is 19.9 Å². The van der Waals surface area contributed by atoms with Crippen molar-refractivity contribution < 1.29 is 19.1 Å². The number of amides is 4. The van der Waals surface area contributed by atoms with Crippen molar-refractivity contribution >= 4 is 45.5 Å². The minimum absolute atomic E-state index is 0.129. The van der Waals surface area contributed by atoms with E-state index in [0.717, 1.165) is 16.0 Å². The zero-order valence-corrected chi connectivity index (χ0v) is 17.6. The molecule has 1 N–H and O–H groups in total. The number of anilines is 1. The zero-order chi connectivity index (χ0) is 21.1. The van der Waals surface area contributed by atoms with E-state index in [1.54, 1.807) is 36.4 Å². The molecule has 0 unspecified atom stereocenters. The van der Waals surface area contributed by atoms with Gasteiger partial charge in [-0.3, -0.25) is 14.9 Å². The smallest absolute Gasteiger partial charge is 0.335 e. The quantitative estimate of drug-likeness (QED) is 0.415. The average molecular weight is 455 g/mol. The molecule has 0 aliphatic carbocycles. The molecule has 4 amide bonds.